The lowest BCUT2D eigenvalue weighted by atomic mass is 9.97. The van der Waals surface area contributed by atoms with Crippen LogP contribution in [0.3, 0.4) is 0 Å². The fourth-order valence-electron chi connectivity index (χ4n) is 3.43. The van der Waals surface area contributed by atoms with Gasteiger partial charge in [-0.15, -0.1) is 0 Å². The number of carbonyl (C=O) groups excluding carboxylic acids is 1. The Bertz CT molecular complexity index is 1050. The summed E-state index contributed by atoms with van der Waals surface area (Å²) in [4.78, 5) is 13.1. The first-order valence-corrected chi connectivity index (χ1v) is 9.52. The van der Waals surface area contributed by atoms with Gasteiger partial charge in [0, 0.05) is 29.9 Å². The molecule has 0 aliphatic rings. The molecular formula is C23H22N4O. The van der Waals surface area contributed by atoms with Gasteiger partial charge >= 0.3 is 6.03 Å². The van der Waals surface area contributed by atoms with Crippen molar-refractivity contribution >= 4 is 6.03 Å². The second-order valence-electron chi connectivity index (χ2n) is 6.70. The maximum atomic E-state index is 13.1. The van der Waals surface area contributed by atoms with E-state index in [9.17, 15) is 4.79 Å². The fraction of sp³-hybridized carbons (Fsp3) is 0.174. The van der Waals surface area contributed by atoms with E-state index in [1.807, 2.05) is 48.5 Å². The Morgan fingerprint density at radius 2 is 1.68 bits per heavy atom. The van der Waals surface area contributed by atoms with Gasteiger partial charge in [0.2, 0.25) is 0 Å². The molecule has 0 unspecified atom stereocenters. The molecule has 5 nitrogen and oxygen atoms in total. The maximum Gasteiger partial charge on any atom is 0.369 e. The first-order valence-electron chi connectivity index (χ1n) is 9.52. The molecule has 0 fully saturated rings. The summed E-state index contributed by atoms with van der Waals surface area (Å²) in [7, 11) is 0. The Morgan fingerprint density at radius 3 is 2.32 bits per heavy atom. The van der Waals surface area contributed by atoms with Crippen molar-refractivity contribution in [1.82, 2.24) is 19.6 Å². The minimum Gasteiger partial charge on any atom is -0.244 e. The molecule has 2 heterocycles. The highest BCUT2D eigenvalue weighted by molar-refractivity contribution is 5.80. The lowest BCUT2D eigenvalue weighted by Crippen LogP contribution is -2.23. The normalized spacial score (nSPS) is 10.9. The number of nitrogens with zero attached hydrogens (tertiary/aromatic N) is 4. The summed E-state index contributed by atoms with van der Waals surface area (Å²) in [6, 6.07) is 21.8. The van der Waals surface area contributed by atoms with Crippen LogP contribution < -0.4 is 0 Å². The molecule has 0 saturated heterocycles. The minimum atomic E-state index is -0.259. The second kappa shape index (κ2) is 8.05. The molecule has 2 aromatic heterocycles. The molecule has 5 heteroatoms. The zero-order chi connectivity index (χ0) is 19.3. The number of hydrogen-bond acceptors (Lipinski definition) is 3. The molecule has 4 aromatic rings. The van der Waals surface area contributed by atoms with Crippen LogP contribution in [-0.4, -0.2) is 25.6 Å². The zero-order valence-electron chi connectivity index (χ0n) is 15.8. The summed E-state index contributed by atoms with van der Waals surface area (Å²) in [6.45, 7) is 2.12. The first kappa shape index (κ1) is 17.9. The van der Waals surface area contributed by atoms with E-state index >= 15 is 0 Å². The topological polar surface area (TPSA) is 52.7 Å². The summed E-state index contributed by atoms with van der Waals surface area (Å²) in [5, 5.41) is 8.85. The number of aromatic nitrogens is 4. The van der Waals surface area contributed by atoms with Crippen LogP contribution >= 0.6 is 0 Å². The molecule has 0 radical (unpaired) electrons. The molecule has 0 amide bonds. The molecule has 0 spiro atoms. The molecule has 0 aliphatic carbocycles. The van der Waals surface area contributed by atoms with Crippen molar-refractivity contribution in [3.05, 3.63) is 95.9 Å². The van der Waals surface area contributed by atoms with Gasteiger partial charge in [-0.3, -0.25) is 0 Å². The van der Waals surface area contributed by atoms with Crippen LogP contribution in [0.5, 0.6) is 0 Å². The van der Waals surface area contributed by atoms with Crippen molar-refractivity contribution in [3.63, 3.8) is 0 Å². The predicted molar refractivity (Wildman–Crippen MR) is 109 cm³/mol. The standard InChI is InChI=1S/C23H22N4O/c1-2-10-21-20(17-18-11-5-3-6-12-18)22(19-13-7-4-8-14-19)25-27(21)23(28)26-16-9-15-24-26/h3-9,11-16H,2,10,17H2,1H3. The third-order valence-corrected chi connectivity index (χ3v) is 4.73. The molecule has 0 atom stereocenters. The molecule has 28 heavy (non-hydrogen) atoms. The maximum absolute atomic E-state index is 13.1. The van der Waals surface area contributed by atoms with E-state index in [1.165, 1.54) is 14.9 Å². The van der Waals surface area contributed by atoms with E-state index in [2.05, 4.69) is 24.2 Å². The molecule has 0 bridgehead atoms. The Labute approximate surface area is 164 Å². The number of hydrogen-bond donors (Lipinski definition) is 0. The van der Waals surface area contributed by atoms with Gasteiger partial charge in [-0.1, -0.05) is 74.0 Å². The quantitative estimate of drug-likeness (QED) is 0.507. The molecule has 0 saturated carbocycles. The van der Waals surface area contributed by atoms with Gasteiger partial charge in [0.1, 0.15) is 0 Å². The smallest absolute Gasteiger partial charge is 0.244 e. The van der Waals surface area contributed by atoms with Gasteiger partial charge in [0.05, 0.1) is 11.4 Å². The highest BCUT2D eigenvalue weighted by atomic mass is 16.2. The van der Waals surface area contributed by atoms with E-state index in [1.54, 1.807) is 18.5 Å². The Kier molecular flexibility index (Phi) is 5.15. The largest absolute Gasteiger partial charge is 0.369 e. The number of carbonyl (C=O) groups is 1. The van der Waals surface area contributed by atoms with Crippen LogP contribution in [0.1, 0.15) is 30.2 Å². The average Bonchev–Trinajstić information content (AvgIpc) is 3.39. The van der Waals surface area contributed by atoms with Crippen LogP contribution in [0.15, 0.2) is 79.1 Å². The Hall–Kier alpha value is -3.47. The number of rotatable bonds is 5. The minimum absolute atomic E-state index is 0.259. The van der Waals surface area contributed by atoms with Crippen molar-refractivity contribution in [3.8, 4) is 11.3 Å². The number of benzene rings is 2. The van der Waals surface area contributed by atoms with Crippen molar-refractivity contribution in [2.75, 3.05) is 0 Å². The Morgan fingerprint density at radius 1 is 0.964 bits per heavy atom. The molecule has 0 N–H and O–H groups in total. The highest BCUT2D eigenvalue weighted by Crippen LogP contribution is 2.29. The van der Waals surface area contributed by atoms with E-state index in [-0.39, 0.29) is 6.03 Å². The fourth-order valence-corrected chi connectivity index (χ4v) is 3.43. The van der Waals surface area contributed by atoms with Gasteiger partial charge in [-0.25, -0.2) is 4.79 Å². The van der Waals surface area contributed by atoms with E-state index in [0.29, 0.717) is 0 Å². The van der Waals surface area contributed by atoms with Crippen LogP contribution in [0, 0.1) is 0 Å². The summed E-state index contributed by atoms with van der Waals surface area (Å²) in [5.41, 5.74) is 5.11. The first-order chi connectivity index (χ1) is 13.8. The third kappa shape index (κ3) is 3.51. The molecule has 2 aromatic carbocycles. The van der Waals surface area contributed by atoms with Gasteiger partial charge in [-0.2, -0.15) is 19.6 Å². The monoisotopic (exact) mass is 370 g/mol. The van der Waals surface area contributed by atoms with E-state index in [0.717, 1.165) is 41.8 Å². The van der Waals surface area contributed by atoms with Crippen LogP contribution in [-0.2, 0) is 12.8 Å². The van der Waals surface area contributed by atoms with E-state index in [4.69, 9.17) is 5.10 Å². The summed E-state index contributed by atoms with van der Waals surface area (Å²) < 4.78 is 2.85. The van der Waals surface area contributed by atoms with Gasteiger partial charge in [-0.05, 0) is 18.1 Å². The molecule has 0 aliphatic heterocycles. The zero-order valence-corrected chi connectivity index (χ0v) is 15.8. The van der Waals surface area contributed by atoms with Crippen molar-refractivity contribution in [1.29, 1.82) is 0 Å². The SMILES string of the molecule is CCCc1c(Cc2ccccc2)c(-c2ccccc2)nn1C(=O)n1cccn1. The summed E-state index contributed by atoms with van der Waals surface area (Å²) >= 11 is 0. The van der Waals surface area contributed by atoms with Crippen molar-refractivity contribution < 1.29 is 4.79 Å². The third-order valence-electron chi connectivity index (χ3n) is 4.73. The highest BCUT2D eigenvalue weighted by Gasteiger charge is 2.23. The van der Waals surface area contributed by atoms with Crippen LogP contribution in [0.4, 0.5) is 4.79 Å². The van der Waals surface area contributed by atoms with Crippen molar-refractivity contribution in [2.24, 2.45) is 0 Å². The molecule has 4 rings (SSSR count). The Balaban J connectivity index is 1.88. The predicted octanol–water partition coefficient (Wildman–Crippen LogP) is 4.81. The molecule has 140 valence electrons. The van der Waals surface area contributed by atoms with Gasteiger partial charge in [0.15, 0.2) is 0 Å². The van der Waals surface area contributed by atoms with Crippen LogP contribution in [0.2, 0.25) is 0 Å². The van der Waals surface area contributed by atoms with E-state index < -0.39 is 0 Å². The summed E-state index contributed by atoms with van der Waals surface area (Å²) in [6.07, 6.45) is 5.68. The second-order valence-corrected chi connectivity index (χ2v) is 6.70. The average molecular weight is 370 g/mol. The van der Waals surface area contributed by atoms with Gasteiger partial charge in [0.25, 0.3) is 0 Å². The van der Waals surface area contributed by atoms with Crippen LogP contribution in [0.25, 0.3) is 11.3 Å². The molecular weight excluding hydrogens is 348 g/mol. The lowest BCUT2D eigenvalue weighted by Gasteiger charge is -2.08. The van der Waals surface area contributed by atoms with Crippen molar-refractivity contribution in [2.45, 2.75) is 26.2 Å². The van der Waals surface area contributed by atoms with Gasteiger partial charge < -0.3 is 0 Å². The summed E-state index contributed by atoms with van der Waals surface area (Å²) in [5.74, 6) is 0. The lowest BCUT2D eigenvalue weighted by molar-refractivity contribution is 0.237.